The fourth-order valence-electron chi connectivity index (χ4n) is 3.18. The molecule has 4 aromatic rings. The predicted molar refractivity (Wildman–Crippen MR) is 107 cm³/mol. The number of carbonyl (C=O) groups is 2. The van der Waals surface area contributed by atoms with Crippen molar-refractivity contribution in [3.63, 3.8) is 0 Å². The maximum absolute atomic E-state index is 12.4. The van der Waals surface area contributed by atoms with Crippen molar-refractivity contribution >= 4 is 40.0 Å². The molecule has 0 bridgehead atoms. The number of nitrogens with zero attached hydrogens (tertiary/aromatic N) is 2. The fraction of sp³-hybridized carbons (Fsp3) is 0.0952. The third-order valence-corrected chi connectivity index (χ3v) is 4.45. The summed E-state index contributed by atoms with van der Waals surface area (Å²) in [4.78, 5) is 23.4. The van der Waals surface area contributed by atoms with E-state index in [1.54, 1.807) is 22.9 Å². The fourth-order valence-corrected chi connectivity index (χ4v) is 3.18. The molecule has 146 valence electrons. The number of methoxy groups -OCH3 is 1. The standard InChI is InChI=1S/C21H17N3O5/c1-28-17-8-4-5-13-9-18(29-20(13)17)21(27)23-22-10-14-11-24(12-19(25)26)16-7-3-2-6-15(14)16/h2-11H,12H2,1H3,(H,23,27)(H,25,26)/b22-10-. The highest BCUT2D eigenvalue weighted by Crippen LogP contribution is 2.28. The molecule has 0 spiro atoms. The van der Waals surface area contributed by atoms with E-state index in [0.717, 1.165) is 16.3 Å². The van der Waals surface area contributed by atoms with Crippen LogP contribution in [0.15, 0.2) is 64.2 Å². The van der Waals surface area contributed by atoms with Crippen LogP contribution in [-0.2, 0) is 11.3 Å². The maximum atomic E-state index is 12.4. The Bertz CT molecular complexity index is 1250. The molecule has 0 aliphatic rings. The molecule has 2 aromatic carbocycles. The largest absolute Gasteiger partial charge is 0.493 e. The Morgan fingerprint density at radius 1 is 1.24 bits per heavy atom. The summed E-state index contributed by atoms with van der Waals surface area (Å²) in [5.41, 5.74) is 4.38. The summed E-state index contributed by atoms with van der Waals surface area (Å²) in [6.45, 7) is -0.165. The van der Waals surface area contributed by atoms with E-state index in [9.17, 15) is 9.59 Å². The highest BCUT2D eigenvalue weighted by atomic mass is 16.5. The van der Waals surface area contributed by atoms with Crippen molar-refractivity contribution in [2.24, 2.45) is 5.10 Å². The molecule has 2 aromatic heterocycles. The van der Waals surface area contributed by atoms with E-state index in [1.807, 2.05) is 36.4 Å². The number of ether oxygens (including phenoxy) is 1. The van der Waals surface area contributed by atoms with Crippen molar-refractivity contribution in [3.8, 4) is 5.75 Å². The van der Waals surface area contributed by atoms with E-state index in [-0.39, 0.29) is 12.3 Å². The molecular formula is C21H17N3O5. The van der Waals surface area contributed by atoms with Crippen molar-refractivity contribution in [1.29, 1.82) is 0 Å². The van der Waals surface area contributed by atoms with E-state index in [1.165, 1.54) is 13.3 Å². The number of aromatic nitrogens is 1. The molecule has 29 heavy (non-hydrogen) atoms. The van der Waals surface area contributed by atoms with Crippen molar-refractivity contribution in [1.82, 2.24) is 9.99 Å². The van der Waals surface area contributed by atoms with Gasteiger partial charge in [-0.1, -0.05) is 30.3 Å². The first-order chi connectivity index (χ1) is 14.1. The average Bonchev–Trinajstić information content (AvgIpc) is 3.30. The Kier molecular flexibility index (Phi) is 4.74. The molecule has 8 nitrogen and oxygen atoms in total. The quantitative estimate of drug-likeness (QED) is 0.388. The number of para-hydroxylation sites is 2. The summed E-state index contributed by atoms with van der Waals surface area (Å²) in [5, 5.41) is 14.7. The number of hydrazone groups is 1. The zero-order valence-electron chi connectivity index (χ0n) is 15.5. The highest BCUT2D eigenvalue weighted by molar-refractivity contribution is 6.01. The third-order valence-electron chi connectivity index (χ3n) is 4.45. The first-order valence-electron chi connectivity index (χ1n) is 8.76. The summed E-state index contributed by atoms with van der Waals surface area (Å²) in [7, 11) is 1.53. The van der Waals surface area contributed by atoms with Gasteiger partial charge < -0.3 is 18.8 Å². The summed E-state index contributed by atoms with van der Waals surface area (Å²) in [5.74, 6) is -0.803. The molecule has 0 aliphatic carbocycles. The second-order valence-electron chi connectivity index (χ2n) is 6.31. The summed E-state index contributed by atoms with van der Waals surface area (Å²) >= 11 is 0. The molecule has 8 heteroatoms. The first-order valence-corrected chi connectivity index (χ1v) is 8.76. The van der Waals surface area contributed by atoms with Gasteiger partial charge in [-0.05, 0) is 18.2 Å². The van der Waals surface area contributed by atoms with Crippen LogP contribution in [0.3, 0.4) is 0 Å². The topological polar surface area (TPSA) is 106 Å². The second-order valence-corrected chi connectivity index (χ2v) is 6.31. The average molecular weight is 391 g/mol. The Morgan fingerprint density at radius 3 is 2.86 bits per heavy atom. The third kappa shape index (κ3) is 3.55. The number of hydrogen-bond acceptors (Lipinski definition) is 5. The van der Waals surface area contributed by atoms with Gasteiger partial charge in [-0.2, -0.15) is 5.10 Å². The van der Waals surface area contributed by atoms with Crippen LogP contribution in [0.5, 0.6) is 5.75 Å². The lowest BCUT2D eigenvalue weighted by Gasteiger charge is -1.99. The van der Waals surface area contributed by atoms with Crippen LogP contribution in [0.2, 0.25) is 0 Å². The van der Waals surface area contributed by atoms with Gasteiger partial charge in [0.05, 0.1) is 13.3 Å². The van der Waals surface area contributed by atoms with Gasteiger partial charge in [0.2, 0.25) is 0 Å². The van der Waals surface area contributed by atoms with Crippen molar-refractivity contribution in [2.45, 2.75) is 6.54 Å². The van der Waals surface area contributed by atoms with Gasteiger partial charge in [0, 0.05) is 28.0 Å². The second kappa shape index (κ2) is 7.51. The Morgan fingerprint density at radius 2 is 2.07 bits per heavy atom. The van der Waals surface area contributed by atoms with Gasteiger partial charge in [0.1, 0.15) is 6.54 Å². The monoisotopic (exact) mass is 391 g/mol. The Labute approximate surface area is 165 Å². The van der Waals surface area contributed by atoms with Crippen LogP contribution in [0, 0.1) is 0 Å². The Balaban J connectivity index is 1.56. The number of carboxylic acid groups (broad SMARTS) is 1. The van der Waals surface area contributed by atoms with Gasteiger partial charge >= 0.3 is 11.9 Å². The number of fused-ring (bicyclic) bond motifs is 2. The molecule has 0 unspecified atom stereocenters. The van der Waals surface area contributed by atoms with Crippen molar-refractivity contribution in [2.75, 3.05) is 7.11 Å². The van der Waals surface area contributed by atoms with Gasteiger partial charge in [-0.15, -0.1) is 0 Å². The van der Waals surface area contributed by atoms with Crippen molar-refractivity contribution in [3.05, 3.63) is 66.1 Å². The summed E-state index contributed by atoms with van der Waals surface area (Å²) in [6.07, 6.45) is 3.16. The summed E-state index contributed by atoms with van der Waals surface area (Å²) in [6, 6.07) is 14.4. The number of aliphatic carboxylic acids is 1. The molecule has 0 aliphatic heterocycles. The van der Waals surface area contributed by atoms with E-state index in [2.05, 4.69) is 10.5 Å². The predicted octanol–water partition coefficient (Wildman–Crippen LogP) is 3.24. The lowest BCUT2D eigenvalue weighted by molar-refractivity contribution is -0.137. The molecule has 4 rings (SSSR count). The van der Waals surface area contributed by atoms with E-state index < -0.39 is 11.9 Å². The molecule has 0 saturated carbocycles. The normalized spacial score (nSPS) is 11.3. The minimum Gasteiger partial charge on any atom is -0.493 e. The van der Waals surface area contributed by atoms with Gasteiger partial charge in [-0.25, -0.2) is 5.43 Å². The van der Waals surface area contributed by atoms with Crippen LogP contribution in [-0.4, -0.2) is 34.9 Å². The number of hydrogen-bond donors (Lipinski definition) is 2. The lowest BCUT2D eigenvalue weighted by Crippen LogP contribution is -2.16. The van der Waals surface area contributed by atoms with Crippen molar-refractivity contribution < 1.29 is 23.8 Å². The number of carboxylic acids is 1. The molecule has 2 N–H and O–H groups in total. The molecule has 0 atom stereocenters. The lowest BCUT2D eigenvalue weighted by atomic mass is 10.2. The smallest absolute Gasteiger partial charge is 0.323 e. The van der Waals surface area contributed by atoms with E-state index >= 15 is 0 Å². The van der Waals surface area contributed by atoms with E-state index in [4.69, 9.17) is 14.3 Å². The van der Waals surface area contributed by atoms with Gasteiger partial charge in [0.15, 0.2) is 17.1 Å². The SMILES string of the molecule is COc1cccc2cc(C(=O)N/N=C\c3cn(CC(=O)O)c4ccccc34)oc12. The van der Waals surface area contributed by atoms with Gasteiger partial charge in [0.25, 0.3) is 0 Å². The van der Waals surface area contributed by atoms with E-state index in [0.29, 0.717) is 16.9 Å². The molecule has 0 saturated heterocycles. The maximum Gasteiger partial charge on any atom is 0.323 e. The number of benzene rings is 2. The number of carbonyl (C=O) groups excluding carboxylic acids is 1. The molecule has 2 heterocycles. The highest BCUT2D eigenvalue weighted by Gasteiger charge is 2.14. The summed E-state index contributed by atoms with van der Waals surface area (Å²) < 4.78 is 12.4. The number of furan rings is 1. The number of rotatable bonds is 6. The molecular weight excluding hydrogens is 374 g/mol. The zero-order valence-corrected chi connectivity index (χ0v) is 15.5. The minimum absolute atomic E-state index is 0.106. The number of nitrogens with one attached hydrogen (secondary N) is 1. The molecule has 0 fully saturated rings. The van der Waals surface area contributed by atoms with Crippen LogP contribution < -0.4 is 10.2 Å². The molecule has 1 amide bonds. The Hall–Kier alpha value is -4.07. The van der Waals surface area contributed by atoms with Crippen LogP contribution in [0.25, 0.3) is 21.9 Å². The van der Waals surface area contributed by atoms with Crippen LogP contribution in [0.1, 0.15) is 16.1 Å². The van der Waals surface area contributed by atoms with Crippen LogP contribution in [0.4, 0.5) is 0 Å². The van der Waals surface area contributed by atoms with Gasteiger partial charge in [-0.3, -0.25) is 9.59 Å². The zero-order chi connectivity index (χ0) is 20.4. The minimum atomic E-state index is -0.942. The molecule has 0 radical (unpaired) electrons. The number of amides is 1. The van der Waals surface area contributed by atoms with Crippen LogP contribution >= 0.6 is 0 Å². The first kappa shape index (κ1) is 18.3.